The maximum atomic E-state index is 12.3. The maximum Gasteiger partial charge on any atom is 0.249 e. The number of hydrogen-bond acceptors (Lipinski definition) is 3. The van der Waals surface area contributed by atoms with Crippen molar-refractivity contribution in [2.45, 2.75) is 37.2 Å². The molecule has 1 N–H and O–H groups in total. The molecule has 1 aromatic rings. The van der Waals surface area contributed by atoms with Gasteiger partial charge in [-0.2, -0.15) is 0 Å². The van der Waals surface area contributed by atoms with Crippen molar-refractivity contribution in [3.63, 3.8) is 0 Å². The van der Waals surface area contributed by atoms with Crippen molar-refractivity contribution in [2.75, 3.05) is 26.4 Å². The molecule has 0 bridgehead atoms. The second-order valence-electron chi connectivity index (χ2n) is 6.12. The monoisotopic (exact) mass is 367 g/mol. The van der Waals surface area contributed by atoms with Gasteiger partial charge in [-0.3, -0.25) is 4.79 Å². The zero-order valence-electron chi connectivity index (χ0n) is 12.6. The van der Waals surface area contributed by atoms with Gasteiger partial charge < -0.3 is 14.8 Å². The summed E-state index contributed by atoms with van der Waals surface area (Å²) in [6.45, 7) is 2.82. The summed E-state index contributed by atoms with van der Waals surface area (Å²) in [7, 11) is 0. The van der Waals surface area contributed by atoms with E-state index in [2.05, 4.69) is 39.4 Å². The van der Waals surface area contributed by atoms with Crippen LogP contribution in [0.4, 0.5) is 0 Å². The molecule has 0 aliphatic carbocycles. The van der Waals surface area contributed by atoms with Gasteiger partial charge >= 0.3 is 0 Å². The highest BCUT2D eigenvalue weighted by Gasteiger charge is 2.36. The first-order valence-electron chi connectivity index (χ1n) is 7.93. The molecule has 4 nitrogen and oxygen atoms in total. The van der Waals surface area contributed by atoms with Crippen LogP contribution in [0.5, 0.6) is 0 Å². The van der Waals surface area contributed by atoms with Crippen LogP contribution in [0.15, 0.2) is 28.7 Å². The third kappa shape index (κ3) is 3.53. The maximum absolute atomic E-state index is 12.3. The number of rotatable bonds is 4. The zero-order valence-corrected chi connectivity index (χ0v) is 14.2. The highest BCUT2D eigenvalue weighted by atomic mass is 79.9. The van der Waals surface area contributed by atoms with Gasteiger partial charge in [0.2, 0.25) is 5.91 Å². The van der Waals surface area contributed by atoms with Crippen LogP contribution in [0.25, 0.3) is 0 Å². The second-order valence-corrected chi connectivity index (χ2v) is 7.04. The fraction of sp³-hybridized carbons (Fsp3) is 0.588. The molecule has 0 saturated carbocycles. The lowest BCUT2D eigenvalue weighted by molar-refractivity contribution is -0.130. The molecule has 2 saturated heterocycles. The molecule has 1 aromatic carbocycles. The van der Waals surface area contributed by atoms with E-state index in [9.17, 15) is 4.79 Å². The van der Waals surface area contributed by atoms with Gasteiger partial charge in [0.05, 0.1) is 0 Å². The molecule has 0 spiro atoms. The lowest BCUT2D eigenvalue weighted by Gasteiger charge is -2.38. The van der Waals surface area contributed by atoms with Crippen LogP contribution in [0.2, 0.25) is 0 Å². The fourth-order valence-corrected chi connectivity index (χ4v) is 3.70. The minimum atomic E-state index is -0.264. The number of ether oxygens (including phenoxy) is 2. The molecule has 2 heterocycles. The minimum absolute atomic E-state index is 0.0263. The van der Waals surface area contributed by atoms with Crippen LogP contribution in [0.1, 0.15) is 31.2 Å². The Kier molecular flexibility index (Phi) is 5.16. The topological polar surface area (TPSA) is 47.6 Å². The standard InChI is InChI=1S/C17H22BrNO3/c18-14-4-1-3-13(11-14)17(6-9-21-10-7-17)12-19-16(20)15-5-2-8-22-15/h1,3-4,11,15H,2,5-10,12H2,(H,19,20). The molecule has 22 heavy (non-hydrogen) atoms. The molecule has 2 aliphatic rings. The molecular formula is C17H22BrNO3. The average Bonchev–Trinajstić information content (AvgIpc) is 3.08. The summed E-state index contributed by atoms with van der Waals surface area (Å²) in [6.07, 6.45) is 3.39. The Bertz CT molecular complexity index is 522. The Morgan fingerprint density at radius 1 is 1.32 bits per heavy atom. The van der Waals surface area contributed by atoms with Crippen LogP contribution >= 0.6 is 15.9 Å². The molecule has 1 atom stereocenters. The number of hydrogen-bond donors (Lipinski definition) is 1. The quantitative estimate of drug-likeness (QED) is 0.889. The fourth-order valence-electron chi connectivity index (χ4n) is 3.30. The van der Waals surface area contributed by atoms with Gasteiger partial charge in [-0.1, -0.05) is 28.1 Å². The first-order valence-corrected chi connectivity index (χ1v) is 8.72. The SMILES string of the molecule is O=C(NCC1(c2cccc(Br)c2)CCOCC1)C1CCCO1. The van der Waals surface area contributed by atoms with Crippen molar-refractivity contribution >= 4 is 21.8 Å². The molecule has 0 radical (unpaired) electrons. The van der Waals surface area contributed by atoms with Gasteiger partial charge in [0.1, 0.15) is 6.10 Å². The van der Waals surface area contributed by atoms with Gasteiger partial charge in [0.15, 0.2) is 0 Å². The number of halogens is 1. The van der Waals surface area contributed by atoms with Crippen LogP contribution in [0, 0.1) is 0 Å². The summed E-state index contributed by atoms with van der Waals surface area (Å²) < 4.78 is 12.1. The number of nitrogens with one attached hydrogen (secondary N) is 1. The predicted octanol–water partition coefficient (Wildman–Crippen LogP) is 2.79. The molecule has 3 rings (SSSR count). The van der Waals surface area contributed by atoms with Gasteiger partial charge in [-0.25, -0.2) is 0 Å². The molecule has 2 fully saturated rings. The Morgan fingerprint density at radius 2 is 2.14 bits per heavy atom. The second kappa shape index (κ2) is 7.11. The van der Waals surface area contributed by atoms with E-state index < -0.39 is 0 Å². The van der Waals surface area contributed by atoms with E-state index in [0.717, 1.165) is 43.4 Å². The Labute approximate surface area is 139 Å². The van der Waals surface area contributed by atoms with Crippen LogP contribution in [-0.4, -0.2) is 38.4 Å². The van der Waals surface area contributed by atoms with E-state index in [1.165, 1.54) is 5.56 Å². The van der Waals surface area contributed by atoms with E-state index >= 15 is 0 Å². The smallest absolute Gasteiger partial charge is 0.249 e. The van der Waals surface area contributed by atoms with Crippen molar-refractivity contribution in [3.8, 4) is 0 Å². The predicted molar refractivity (Wildman–Crippen MR) is 87.9 cm³/mol. The van der Waals surface area contributed by atoms with E-state index in [1.54, 1.807) is 0 Å². The van der Waals surface area contributed by atoms with Gasteiger partial charge in [0.25, 0.3) is 0 Å². The largest absolute Gasteiger partial charge is 0.381 e. The van der Waals surface area contributed by atoms with Crippen molar-refractivity contribution in [1.29, 1.82) is 0 Å². The third-order valence-corrected chi connectivity index (χ3v) is 5.20. The van der Waals surface area contributed by atoms with E-state index in [0.29, 0.717) is 13.2 Å². The first kappa shape index (κ1) is 16.0. The van der Waals surface area contributed by atoms with Crippen molar-refractivity contribution < 1.29 is 14.3 Å². The van der Waals surface area contributed by atoms with Gasteiger partial charge in [0, 0.05) is 36.3 Å². The van der Waals surface area contributed by atoms with Crippen molar-refractivity contribution in [3.05, 3.63) is 34.3 Å². The Hall–Kier alpha value is -0.910. The van der Waals surface area contributed by atoms with Crippen LogP contribution in [-0.2, 0) is 19.7 Å². The molecule has 2 aliphatic heterocycles. The number of carbonyl (C=O) groups excluding carboxylic acids is 1. The zero-order chi connectivity index (χ0) is 15.4. The van der Waals surface area contributed by atoms with Gasteiger partial charge in [-0.15, -0.1) is 0 Å². The summed E-state index contributed by atoms with van der Waals surface area (Å²) in [5, 5.41) is 3.12. The molecule has 120 valence electrons. The molecular weight excluding hydrogens is 346 g/mol. The molecule has 1 amide bonds. The first-order chi connectivity index (χ1) is 10.7. The van der Waals surface area contributed by atoms with Crippen LogP contribution in [0.3, 0.4) is 0 Å². The number of benzene rings is 1. The molecule has 1 unspecified atom stereocenters. The van der Waals surface area contributed by atoms with Crippen LogP contribution < -0.4 is 5.32 Å². The summed E-state index contributed by atoms with van der Waals surface area (Å²) in [5.41, 5.74) is 1.22. The summed E-state index contributed by atoms with van der Waals surface area (Å²) >= 11 is 3.55. The van der Waals surface area contributed by atoms with E-state index in [1.807, 2.05) is 6.07 Å². The molecule has 0 aromatic heterocycles. The summed E-state index contributed by atoms with van der Waals surface area (Å²) in [6, 6.07) is 8.39. The minimum Gasteiger partial charge on any atom is -0.381 e. The number of carbonyl (C=O) groups is 1. The normalized spacial score (nSPS) is 24.1. The molecule has 5 heteroatoms. The highest BCUT2D eigenvalue weighted by molar-refractivity contribution is 9.10. The Balaban J connectivity index is 1.73. The Morgan fingerprint density at radius 3 is 2.82 bits per heavy atom. The highest BCUT2D eigenvalue weighted by Crippen LogP contribution is 2.35. The average molecular weight is 368 g/mol. The van der Waals surface area contributed by atoms with E-state index in [4.69, 9.17) is 9.47 Å². The van der Waals surface area contributed by atoms with E-state index in [-0.39, 0.29) is 17.4 Å². The van der Waals surface area contributed by atoms with Crippen molar-refractivity contribution in [1.82, 2.24) is 5.32 Å². The third-order valence-electron chi connectivity index (χ3n) is 4.71. The number of amides is 1. The van der Waals surface area contributed by atoms with Crippen molar-refractivity contribution in [2.24, 2.45) is 0 Å². The summed E-state index contributed by atoms with van der Waals surface area (Å²) in [4.78, 5) is 12.3. The van der Waals surface area contributed by atoms with Gasteiger partial charge in [-0.05, 0) is 43.4 Å². The lowest BCUT2D eigenvalue weighted by Crippen LogP contribution is -2.47. The lowest BCUT2D eigenvalue weighted by atomic mass is 9.74. The summed E-state index contributed by atoms with van der Waals surface area (Å²) in [5.74, 6) is 0.0263.